The SMILES string of the molecule is O=C(CNC(CC(F)(F)F)c1ccc(F)cc1)N1CCOCC1. The van der Waals surface area contributed by atoms with Gasteiger partial charge >= 0.3 is 6.18 Å². The minimum atomic E-state index is -4.39. The molecule has 1 heterocycles. The van der Waals surface area contributed by atoms with Crippen LogP contribution in [0.3, 0.4) is 0 Å². The zero-order valence-corrected chi connectivity index (χ0v) is 12.4. The molecule has 1 unspecified atom stereocenters. The fourth-order valence-corrected chi connectivity index (χ4v) is 2.37. The molecule has 0 aliphatic carbocycles. The van der Waals surface area contributed by atoms with Crippen molar-refractivity contribution < 1.29 is 27.1 Å². The highest BCUT2D eigenvalue weighted by molar-refractivity contribution is 5.78. The maximum Gasteiger partial charge on any atom is 0.390 e. The molecule has 1 amide bonds. The molecule has 1 aliphatic rings. The van der Waals surface area contributed by atoms with Gasteiger partial charge < -0.3 is 15.0 Å². The number of halogens is 4. The lowest BCUT2D eigenvalue weighted by atomic mass is 10.0. The van der Waals surface area contributed by atoms with E-state index in [2.05, 4.69) is 5.32 Å². The van der Waals surface area contributed by atoms with Crippen LogP contribution in [0.2, 0.25) is 0 Å². The van der Waals surface area contributed by atoms with Crippen LogP contribution in [0, 0.1) is 5.82 Å². The lowest BCUT2D eigenvalue weighted by Crippen LogP contribution is -2.45. The fourth-order valence-electron chi connectivity index (χ4n) is 2.37. The number of alkyl halides is 3. The average Bonchev–Trinajstić information content (AvgIpc) is 2.52. The zero-order chi connectivity index (χ0) is 16.9. The van der Waals surface area contributed by atoms with Crippen LogP contribution < -0.4 is 5.32 Å². The molecule has 1 saturated heterocycles. The van der Waals surface area contributed by atoms with Crippen molar-refractivity contribution in [1.82, 2.24) is 10.2 Å². The van der Waals surface area contributed by atoms with E-state index in [1.165, 1.54) is 12.1 Å². The molecule has 0 aromatic heterocycles. The average molecular weight is 334 g/mol. The number of hydrogen-bond donors (Lipinski definition) is 1. The molecule has 0 spiro atoms. The van der Waals surface area contributed by atoms with Gasteiger partial charge in [-0.3, -0.25) is 4.79 Å². The quantitative estimate of drug-likeness (QED) is 0.840. The van der Waals surface area contributed by atoms with Crippen LogP contribution in [-0.4, -0.2) is 49.8 Å². The van der Waals surface area contributed by atoms with Gasteiger partial charge in [-0.25, -0.2) is 4.39 Å². The maximum atomic E-state index is 12.9. The summed E-state index contributed by atoms with van der Waals surface area (Å²) in [6.45, 7) is 1.51. The topological polar surface area (TPSA) is 41.6 Å². The van der Waals surface area contributed by atoms with Crippen molar-refractivity contribution in [2.24, 2.45) is 0 Å². The summed E-state index contributed by atoms with van der Waals surface area (Å²) >= 11 is 0. The molecule has 128 valence electrons. The molecule has 8 heteroatoms. The van der Waals surface area contributed by atoms with E-state index >= 15 is 0 Å². The number of rotatable bonds is 5. The van der Waals surface area contributed by atoms with Crippen molar-refractivity contribution in [3.05, 3.63) is 35.6 Å². The van der Waals surface area contributed by atoms with Crippen LogP contribution in [0.5, 0.6) is 0 Å². The monoisotopic (exact) mass is 334 g/mol. The first kappa shape index (κ1) is 17.7. The highest BCUT2D eigenvalue weighted by Crippen LogP contribution is 2.29. The molecular formula is C15H18F4N2O2. The van der Waals surface area contributed by atoms with Crippen LogP contribution in [0.4, 0.5) is 17.6 Å². The van der Waals surface area contributed by atoms with Gasteiger partial charge in [0, 0.05) is 19.1 Å². The summed E-state index contributed by atoms with van der Waals surface area (Å²) in [6, 6.07) is 3.69. The molecular weight excluding hydrogens is 316 g/mol. The molecule has 4 nitrogen and oxygen atoms in total. The van der Waals surface area contributed by atoms with Gasteiger partial charge in [-0.05, 0) is 17.7 Å². The summed E-state index contributed by atoms with van der Waals surface area (Å²) in [5.41, 5.74) is 0.290. The number of nitrogens with zero attached hydrogens (tertiary/aromatic N) is 1. The molecule has 0 bridgehead atoms. The fraction of sp³-hybridized carbons (Fsp3) is 0.533. The highest BCUT2D eigenvalue weighted by Gasteiger charge is 2.33. The van der Waals surface area contributed by atoms with Crippen LogP contribution in [0.25, 0.3) is 0 Å². The number of benzene rings is 1. The zero-order valence-electron chi connectivity index (χ0n) is 12.4. The van der Waals surface area contributed by atoms with Gasteiger partial charge in [0.1, 0.15) is 5.82 Å². The Morgan fingerprint density at radius 1 is 1.22 bits per heavy atom. The van der Waals surface area contributed by atoms with Gasteiger partial charge in [0.25, 0.3) is 0 Å². The van der Waals surface area contributed by atoms with Crippen molar-refractivity contribution in [2.75, 3.05) is 32.8 Å². The largest absolute Gasteiger partial charge is 0.390 e. The van der Waals surface area contributed by atoms with Crippen molar-refractivity contribution in [3.8, 4) is 0 Å². The third-order valence-corrected chi connectivity index (χ3v) is 3.57. The van der Waals surface area contributed by atoms with Gasteiger partial charge in [0.15, 0.2) is 0 Å². The van der Waals surface area contributed by atoms with Crippen molar-refractivity contribution >= 4 is 5.91 Å². The molecule has 1 atom stereocenters. The summed E-state index contributed by atoms with van der Waals surface area (Å²) in [5, 5.41) is 2.63. The summed E-state index contributed by atoms with van der Waals surface area (Å²) in [6.07, 6.45) is -5.52. The van der Waals surface area contributed by atoms with Gasteiger partial charge in [-0.2, -0.15) is 13.2 Å². The molecule has 1 aromatic carbocycles. The summed E-state index contributed by atoms with van der Waals surface area (Å²) < 4.78 is 56.2. The first-order valence-corrected chi connectivity index (χ1v) is 7.26. The van der Waals surface area contributed by atoms with E-state index in [9.17, 15) is 22.4 Å². The van der Waals surface area contributed by atoms with E-state index in [0.717, 1.165) is 12.1 Å². The van der Waals surface area contributed by atoms with E-state index in [1.54, 1.807) is 4.90 Å². The second kappa shape index (κ2) is 7.74. The highest BCUT2D eigenvalue weighted by atomic mass is 19.4. The smallest absolute Gasteiger partial charge is 0.378 e. The Bertz CT molecular complexity index is 513. The Kier molecular flexibility index (Phi) is 5.95. The Labute approximate surface area is 131 Å². The number of amides is 1. The number of carbonyl (C=O) groups excluding carboxylic acids is 1. The van der Waals surface area contributed by atoms with Gasteiger partial charge in [-0.15, -0.1) is 0 Å². The van der Waals surface area contributed by atoms with E-state index < -0.39 is 24.5 Å². The Balaban J connectivity index is 1.99. The minimum absolute atomic E-state index is 0.210. The molecule has 2 rings (SSSR count). The molecule has 1 aromatic rings. The second-order valence-electron chi connectivity index (χ2n) is 5.30. The van der Waals surface area contributed by atoms with E-state index in [-0.39, 0.29) is 12.5 Å². The Hall–Kier alpha value is -1.67. The summed E-state index contributed by atoms with van der Waals surface area (Å²) in [4.78, 5) is 13.6. The third-order valence-electron chi connectivity index (χ3n) is 3.57. The molecule has 0 radical (unpaired) electrons. The number of hydrogen-bond acceptors (Lipinski definition) is 3. The van der Waals surface area contributed by atoms with E-state index in [1.807, 2.05) is 0 Å². The second-order valence-corrected chi connectivity index (χ2v) is 5.30. The standard InChI is InChI=1S/C15H18F4N2O2/c16-12-3-1-11(2-4-12)13(9-15(17,18)19)20-10-14(22)21-5-7-23-8-6-21/h1-4,13,20H,5-10H2. The molecule has 23 heavy (non-hydrogen) atoms. The predicted molar refractivity (Wildman–Crippen MR) is 75.2 cm³/mol. The van der Waals surface area contributed by atoms with E-state index in [4.69, 9.17) is 4.74 Å². The summed E-state index contributed by atoms with van der Waals surface area (Å²) in [5.74, 6) is -0.800. The molecule has 0 saturated carbocycles. The number of morpholine rings is 1. The van der Waals surface area contributed by atoms with Crippen LogP contribution in [0.15, 0.2) is 24.3 Å². The molecule has 1 N–H and O–H groups in total. The predicted octanol–water partition coefficient (Wildman–Crippen LogP) is 2.27. The lowest BCUT2D eigenvalue weighted by Gasteiger charge is -2.28. The normalized spacial score (nSPS) is 17.1. The van der Waals surface area contributed by atoms with Gasteiger partial charge in [-0.1, -0.05) is 12.1 Å². The Morgan fingerprint density at radius 2 is 1.83 bits per heavy atom. The summed E-state index contributed by atoms with van der Waals surface area (Å²) in [7, 11) is 0. The number of carbonyl (C=O) groups is 1. The van der Waals surface area contributed by atoms with Gasteiger partial charge in [0.2, 0.25) is 5.91 Å². The Morgan fingerprint density at radius 3 is 2.39 bits per heavy atom. The number of ether oxygens (including phenoxy) is 1. The first-order valence-electron chi connectivity index (χ1n) is 7.26. The van der Waals surface area contributed by atoms with Crippen LogP contribution >= 0.6 is 0 Å². The van der Waals surface area contributed by atoms with Crippen molar-refractivity contribution in [1.29, 1.82) is 0 Å². The minimum Gasteiger partial charge on any atom is -0.378 e. The third kappa shape index (κ3) is 5.80. The maximum absolute atomic E-state index is 12.9. The first-order chi connectivity index (χ1) is 10.8. The van der Waals surface area contributed by atoms with Crippen LogP contribution in [0.1, 0.15) is 18.0 Å². The van der Waals surface area contributed by atoms with E-state index in [0.29, 0.717) is 31.9 Å². The molecule has 1 aliphatic heterocycles. The lowest BCUT2D eigenvalue weighted by molar-refractivity contribution is -0.143. The van der Waals surface area contributed by atoms with Gasteiger partial charge in [0.05, 0.1) is 26.2 Å². The van der Waals surface area contributed by atoms with Crippen molar-refractivity contribution in [2.45, 2.75) is 18.6 Å². The van der Waals surface area contributed by atoms with Crippen LogP contribution in [-0.2, 0) is 9.53 Å². The number of nitrogens with one attached hydrogen (secondary N) is 1. The molecule has 1 fully saturated rings. The van der Waals surface area contributed by atoms with Crippen molar-refractivity contribution in [3.63, 3.8) is 0 Å².